The molecule has 0 radical (unpaired) electrons. The molecule has 1 saturated carbocycles. The lowest BCUT2D eigenvalue weighted by atomic mass is 10.1. The maximum atomic E-state index is 14.0. The quantitative estimate of drug-likeness (QED) is 0.783. The summed E-state index contributed by atoms with van der Waals surface area (Å²) in [5.41, 5.74) is 2.26. The predicted molar refractivity (Wildman–Crippen MR) is 106 cm³/mol. The summed E-state index contributed by atoms with van der Waals surface area (Å²) in [5.74, 6) is -1.40. The summed E-state index contributed by atoms with van der Waals surface area (Å²) in [6.45, 7) is -0.190. The van der Waals surface area contributed by atoms with Gasteiger partial charge in [-0.05, 0) is 49.6 Å². The van der Waals surface area contributed by atoms with E-state index in [2.05, 4.69) is 26.2 Å². The third-order valence-electron chi connectivity index (χ3n) is 4.84. The van der Waals surface area contributed by atoms with Crippen molar-refractivity contribution in [3.05, 3.63) is 52.8 Å². The maximum absolute atomic E-state index is 14.0. The first kappa shape index (κ1) is 17.9. The van der Waals surface area contributed by atoms with Crippen molar-refractivity contribution in [2.45, 2.75) is 19.3 Å². The largest absolute Gasteiger partial charge is 0.322 e. The Morgan fingerprint density at radius 1 is 1.30 bits per heavy atom. The molecular weight excluding hydrogens is 413 g/mol. The molecule has 0 unspecified atom stereocenters. The van der Waals surface area contributed by atoms with E-state index in [1.807, 2.05) is 18.2 Å². The van der Waals surface area contributed by atoms with E-state index < -0.39 is 11.7 Å². The highest BCUT2D eigenvalue weighted by atomic mass is 79.9. The lowest BCUT2D eigenvalue weighted by Crippen LogP contribution is -2.41. The molecule has 0 saturated heterocycles. The van der Waals surface area contributed by atoms with Crippen LogP contribution in [0.5, 0.6) is 0 Å². The van der Waals surface area contributed by atoms with Crippen molar-refractivity contribution < 1.29 is 14.0 Å². The average molecular weight is 430 g/mol. The van der Waals surface area contributed by atoms with Crippen molar-refractivity contribution >= 4 is 50.5 Å². The highest BCUT2D eigenvalue weighted by Gasteiger charge is 2.37. The SMILES string of the molecule is O=C(CN1C(=O)[C@H]2CCCC2=Nc2ccccc21)Nc1ccc(Br)cc1F. The fraction of sp³-hybridized carbons (Fsp3) is 0.250. The van der Waals surface area contributed by atoms with Crippen molar-refractivity contribution in [3.8, 4) is 0 Å². The summed E-state index contributed by atoms with van der Waals surface area (Å²) in [6.07, 6.45) is 2.46. The van der Waals surface area contributed by atoms with Crippen LogP contribution in [0.25, 0.3) is 0 Å². The average Bonchev–Trinajstić information content (AvgIpc) is 3.06. The Morgan fingerprint density at radius 3 is 2.93 bits per heavy atom. The number of para-hydroxylation sites is 2. The Bertz CT molecular complexity index is 960. The summed E-state index contributed by atoms with van der Waals surface area (Å²) in [4.78, 5) is 31.8. The summed E-state index contributed by atoms with van der Waals surface area (Å²) in [7, 11) is 0. The Kier molecular flexibility index (Phi) is 4.78. The Balaban J connectivity index is 1.61. The second-order valence-corrected chi connectivity index (χ2v) is 7.55. The van der Waals surface area contributed by atoms with E-state index in [4.69, 9.17) is 0 Å². The normalized spacial score (nSPS) is 18.4. The molecule has 1 atom stereocenters. The molecule has 1 heterocycles. The number of anilines is 2. The van der Waals surface area contributed by atoms with Gasteiger partial charge in [0.1, 0.15) is 12.4 Å². The van der Waals surface area contributed by atoms with Crippen LogP contribution in [0.4, 0.5) is 21.5 Å². The zero-order valence-electron chi connectivity index (χ0n) is 14.4. The van der Waals surface area contributed by atoms with Crippen LogP contribution in [-0.2, 0) is 9.59 Å². The van der Waals surface area contributed by atoms with Gasteiger partial charge in [-0.2, -0.15) is 0 Å². The number of nitrogens with zero attached hydrogens (tertiary/aromatic N) is 2. The molecule has 1 aliphatic heterocycles. The molecule has 4 rings (SSSR count). The first-order valence-corrected chi connectivity index (χ1v) is 9.55. The minimum absolute atomic E-state index is 0.0801. The van der Waals surface area contributed by atoms with Crippen LogP contribution in [0.1, 0.15) is 19.3 Å². The van der Waals surface area contributed by atoms with Gasteiger partial charge >= 0.3 is 0 Å². The van der Waals surface area contributed by atoms with E-state index in [0.717, 1.165) is 25.0 Å². The molecule has 2 aromatic rings. The number of nitrogens with one attached hydrogen (secondary N) is 1. The highest BCUT2D eigenvalue weighted by molar-refractivity contribution is 9.10. The number of benzene rings is 2. The third-order valence-corrected chi connectivity index (χ3v) is 5.33. The van der Waals surface area contributed by atoms with Crippen LogP contribution >= 0.6 is 15.9 Å². The smallest absolute Gasteiger partial charge is 0.244 e. The first-order valence-electron chi connectivity index (χ1n) is 8.75. The number of carbonyl (C=O) groups is 2. The van der Waals surface area contributed by atoms with E-state index in [1.54, 1.807) is 12.1 Å². The topological polar surface area (TPSA) is 61.8 Å². The van der Waals surface area contributed by atoms with Gasteiger partial charge in [-0.15, -0.1) is 0 Å². The Morgan fingerprint density at radius 2 is 2.11 bits per heavy atom. The van der Waals surface area contributed by atoms with Crippen LogP contribution in [-0.4, -0.2) is 24.1 Å². The van der Waals surface area contributed by atoms with Gasteiger partial charge in [-0.3, -0.25) is 14.6 Å². The summed E-state index contributed by atoms with van der Waals surface area (Å²) < 4.78 is 14.6. The second kappa shape index (κ2) is 7.23. The highest BCUT2D eigenvalue weighted by Crippen LogP contribution is 2.37. The zero-order chi connectivity index (χ0) is 19.0. The number of aliphatic imine (C=N–C) groups is 1. The van der Waals surface area contributed by atoms with E-state index >= 15 is 0 Å². The number of amides is 2. The van der Waals surface area contributed by atoms with E-state index in [9.17, 15) is 14.0 Å². The van der Waals surface area contributed by atoms with Gasteiger partial charge in [0.25, 0.3) is 0 Å². The van der Waals surface area contributed by atoms with Crippen LogP contribution in [0.3, 0.4) is 0 Å². The molecule has 2 amide bonds. The molecule has 1 N–H and O–H groups in total. The second-order valence-electron chi connectivity index (χ2n) is 6.63. The standard InChI is InChI=1S/C20H17BrFN3O2/c21-12-8-9-16(14(22)10-12)24-19(26)11-25-18-7-2-1-5-17(18)23-15-6-3-4-13(15)20(25)27/h1-2,5,7-10,13H,3-4,6,11H2,(H,24,26)/t13-/m0/s1. The lowest BCUT2D eigenvalue weighted by Gasteiger charge is -2.24. The van der Waals surface area contributed by atoms with Crippen molar-refractivity contribution in [2.24, 2.45) is 10.9 Å². The molecule has 5 nitrogen and oxygen atoms in total. The number of fused-ring (bicyclic) bond motifs is 2. The zero-order valence-corrected chi connectivity index (χ0v) is 16.0. The van der Waals surface area contributed by atoms with Gasteiger partial charge in [0.15, 0.2) is 0 Å². The minimum Gasteiger partial charge on any atom is -0.322 e. The van der Waals surface area contributed by atoms with Crippen LogP contribution in [0.15, 0.2) is 51.9 Å². The number of rotatable bonds is 3. The third kappa shape index (κ3) is 3.51. The molecule has 0 spiro atoms. The summed E-state index contributed by atoms with van der Waals surface area (Å²) in [5, 5.41) is 2.55. The molecular formula is C20H17BrFN3O2. The number of hydrogen-bond acceptors (Lipinski definition) is 3. The van der Waals surface area contributed by atoms with Crippen molar-refractivity contribution in [3.63, 3.8) is 0 Å². The minimum atomic E-state index is -0.540. The van der Waals surface area contributed by atoms with Crippen LogP contribution in [0.2, 0.25) is 0 Å². The molecule has 0 aromatic heterocycles. The van der Waals surface area contributed by atoms with Crippen molar-refractivity contribution in [2.75, 3.05) is 16.8 Å². The molecule has 2 aliphatic rings. The Hall–Kier alpha value is -2.54. The van der Waals surface area contributed by atoms with Crippen molar-refractivity contribution in [1.82, 2.24) is 0 Å². The van der Waals surface area contributed by atoms with Gasteiger partial charge < -0.3 is 10.2 Å². The molecule has 1 aliphatic carbocycles. The fourth-order valence-electron chi connectivity index (χ4n) is 3.56. The van der Waals surface area contributed by atoms with Gasteiger partial charge in [0.2, 0.25) is 11.8 Å². The number of hydrogen-bond donors (Lipinski definition) is 1. The summed E-state index contributed by atoms with van der Waals surface area (Å²) in [6, 6.07) is 11.7. The van der Waals surface area contributed by atoms with Crippen LogP contribution < -0.4 is 10.2 Å². The molecule has 27 heavy (non-hydrogen) atoms. The molecule has 138 valence electrons. The molecule has 1 fully saturated rings. The van der Waals surface area contributed by atoms with Gasteiger partial charge in [0, 0.05) is 10.2 Å². The van der Waals surface area contributed by atoms with Gasteiger partial charge in [-0.1, -0.05) is 28.1 Å². The Labute approximate surface area is 164 Å². The van der Waals surface area contributed by atoms with Gasteiger partial charge in [0.05, 0.1) is 23.0 Å². The maximum Gasteiger partial charge on any atom is 0.244 e. The molecule has 2 aromatic carbocycles. The predicted octanol–water partition coefficient (Wildman–Crippen LogP) is 4.45. The molecule has 0 bridgehead atoms. The summed E-state index contributed by atoms with van der Waals surface area (Å²) >= 11 is 3.18. The lowest BCUT2D eigenvalue weighted by molar-refractivity contribution is -0.123. The van der Waals surface area contributed by atoms with Gasteiger partial charge in [-0.25, -0.2) is 4.39 Å². The van der Waals surface area contributed by atoms with Crippen molar-refractivity contribution in [1.29, 1.82) is 0 Å². The van der Waals surface area contributed by atoms with E-state index in [-0.39, 0.29) is 24.1 Å². The van der Waals surface area contributed by atoms with E-state index in [1.165, 1.54) is 17.0 Å². The van der Waals surface area contributed by atoms with Crippen LogP contribution in [0, 0.1) is 11.7 Å². The number of carbonyl (C=O) groups excluding carboxylic acids is 2. The first-order chi connectivity index (χ1) is 13.0. The molecule has 7 heteroatoms. The number of halogens is 2. The monoisotopic (exact) mass is 429 g/mol. The fourth-order valence-corrected chi connectivity index (χ4v) is 3.90. The van der Waals surface area contributed by atoms with E-state index in [0.29, 0.717) is 15.8 Å².